The first kappa shape index (κ1) is 13.5. The quantitative estimate of drug-likeness (QED) is 0.723. The highest BCUT2D eigenvalue weighted by atomic mass is 16.5. The zero-order valence-corrected chi connectivity index (χ0v) is 11.0. The highest BCUT2D eigenvalue weighted by molar-refractivity contribution is 5.07. The SMILES string of the molecule is CCC(C)(C)OCCC(C)(C#N)NC1CC1. The van der Waals surface area contributed by atoms with Crippen molar-refractivity contribution in [1.82, 2.24) is 5.32 Å². The largest absolute Gasteiger partial charge is 0.375 e. The van der Waals surface area contributed by atoms with Crippen LogP contribution in [0.1, 0.15) is 53.4 Å². The monoisotopic (exact) mass is 224 g/mol. The van der Waals surface area contributed by atoms with Crippen molar-refractivity contribution in [3.05, 3.63) is 0 Å². The highest BCUT2D eigenvalue weighted by Crippen LogP contribution is 2.24. The van der Waals surface area contributed by atoms with Crippen LogP contribution in [0.5, 0.6) is 0 Å². The predicted octanol–water partition coefficient (Wildman–Crippen LogP) is 2.62. The zero-order valence-electron chi connectivity index (χ0n) is 11.0. The molecule has 1 fully saturated rings. The van der Waals surface area contributed by atoms with Crippen molar-refractivity contribution in [3.63, 3.8) is 0 Å². The Hall–Kier alpha value is -0.590. The van der Waals surface area contributed by atoms with E-state index in [2.05, 4.69) is 32.2 Å². The lowest BCUT2D eigenvalue weighted by atomic mass is 10.00. The third kappa shape index (κ3) is 4.51. The van der Waals surface area contributed by atoms with Crippen LogP contribution in [-0.4, -0.2) is 23.8 Å². The van der Waals surface area contributed by atoms with Crippen LogP contribution in [0.3, 0.4) is 0 Å². The van der Waals surface area contributed by atoms with E-state index < -0.39 is 5.54 Å². The molecule has 0 aromatic heterocycles. The van der Waals surface area contributed by atoms with Gasteiger partial charge in [0.05, 0.1) is 18.3 Å². The van der Waals surface area contributed by atoms with Crippen molar-refractivity contribution >= 4 is 0 Å². The van der Waals surface area contributed by atoms with Gasteiger partial charge in [-0.3, -0.25) is 5.32 Å². The molecule has 16 heavy (non-hydrogen) atoms. The van der Waals surface area contributed by atoms with Gasteiger partial charge < -0.3 is 4.74 Å². The Kier molecular flexibility index (Phi) is 4.35. The summed E-state index contributed by atoms with van der Waals surface area (Å²) in [4.78, 5) is 0. The van der Waals surface area contributed by atoms with Gasteiger partial charge in [0.15, 0.2) is 0 Å². The van der Waals surface area contributed by atoms with Crippen molar-refractivity contribution < 1.29 is 4.74 Å². The Labute approximate surface area is 99.2 Å². The standard InChI is InChI=1S/C13H24N2O/c1-5-12(2,3)16-9-8-13(4,10-14)15-11-6-7-11/h11,15H,5-9H2,1-4H3. The Morgan fingerprint density at radius 2 is 2.00 bits per heavy atom. The fourth-order valence-corrected chi connectivity index (χ4v) is 1.47. The van der Waals surface area contributed by atoms with E-state index in [0.29, 0.717) is 12.6 Å². The summed E-state index contributed by atoms with van der Waals surface area (Å²) in [6, 6.07) is 2.92. The molecule has 0 amide bonds. The summed E-state index contributed by atoms with van der Waals surface area (Å²) in [5, 5.41) is 12.6. The van der Waals surface area contributed by atoms with Gasteiger partial charge in [-0.1, -0.05) is 6.92 Å². The van der Waals surface area contributed by atoms with Crippen LogP contribution in [0.2, 0.25) is 0 Å². The van der Waals surface area contributed by atoms with E-state index in [9.17, 15) is 5.26 Å². The average Bonchev–Trinajstić information content (AvgIpc) is 3.01. The molecule has 0 saturated heterocycles. The molecule has 0 radical (unpaired) electrons. The number of nitriles is 1. The third-order valence-electron chi connectivity index (χ3n) is 3.29. The molecule has 1 atom stereocenters. The summed E-state index contributed by atoms with van der Waals surface area (Å²) in [6.45, 7) is 8.90. The minimum atomic E-state index is -0.426. The van der Waals surface area contributed by atoms with Gasteiger partial charge in [0, 0.05) is 12.5 Å². The van der Waals surface area contributed by atoms with E-state index >= 15 is 0 Å². The highest BCUT2D eigenvalue weighted by Gasteiger charge is 2.32. The lowest BCUT2D eigenvalue weighted by molar-refractivity contribution is -0.0259. The summed E-state index contributed by atoms with van der Waals surface area (Å²) < 4.78 is 5.79. The van der Waals surface area contributed by atoms with Gasteiger partial charge in [0.1, 0.15) is 5.54 Å². The maximum absolute atomic E-state index is 9.18. The Morgan fingerprint density at radius 3 is 2.44 bits per heavy atom. The Bertz CT molecular complexity index is 266. The number of hydrogen-bond donors (Lipinski definition) is 1. The van der Waals surface area contributed by atoms with Gasteiger partial charge in [-0.05, 0) is 40.0 Å². The maximum Gasteiger partial charge on any atom is 0.106 e. The van der Waals surface area contributed by atoms with E-state index in [4.69, 9.17) is 4.74 Å². The molecule has 0 heterocycles. The topological polar surface area (TPSA) is 45.0 Å². The molecule has 1 aliphatic rings. The third-order valence-corrected chi connectivity index (χ3v) is 3.29. The summed E-state index contributed by atoms with van der Waals surface area (Å²) in [6.07, 6.45) is 4.16. The first-order valence-electron chi connectivity index (χ1n) is 6.24. The second-order valence-electron chi connectivity index (χ2n) is 5.57. The average molecular weight is 224 g/mol. The molecule has 92 valence electrons. The van der Waals surface area contributed by atoms with E-state index in [0.717, 1.165) is 12.8 Å². The molecule has 3 nitrogen and oxygen atoms in total. The minimum absolute atomic E-state index is 0.0735. The van der Waals surface area contributed by atoms with Crippen molar-refractivity contribution in [2.24, 2.45) is 0 Å². The molecule has 1 saturated carbocycles. The number of ether oxygens (including phenoxy) is 1. The van der Waals surface area contributed by atoms with Gasteiger partial charge >= 0.3 is 0 Å². The van der Waals surface area contributed by atoms with Crippen molar-refractivity contribution in [3.8, 4) is 6.07 Å². The number of rotatable bonds is 7. The van der Waals surface area contributed by atoms with E-state index in [1.807, 2.05) is 6.92 Å². The molecule has 1 rings (SSSR count). The van der Waals surface area contributed by atoms with Crippen LogP contribution in [-0.2, 0) is 4.74 Å². The molecule has 0 aromatic carbocycles. The fraction of sp³-hybridized carbons (Fsp3) is 0.923. The molecule has 1 aliphatic carbocycles. The van der Waals surface area contributed by atoms with E-state index in [1.54, 1.807) is 0 Å². The molecule has 0 spiro atoms. The van der Waals surface area contributed by atoms with Gasteiger partial charge in [-0.15, -0.1) is 0 Å². The number of hydrogen-bond acceptors (Lipinski definition) is 3. The lowest BCUT2D eigenvalue weighted by Gasteiger charge is -2.28. The zero-order chi connectivity index (χ0) is 12.2. The second kappa shape index (κ2) is 5.16. The van der Waals surface area contributed by atoms with E-state index in [1.165, 1.54) is 12.8 Å². The Balaban J connectivity index is 2.30. The fourth-order valence-electron chi connectivity index (χ4n) is 1.47. The van der Waals surface area contributed by atoms with Gasteiger partial charge in [-0.25, -0.2) is 0 Å². The predicted molar refractivity (Wildman–Crippen MR) is 65.1 cm³/mol. The first-order chi connectivity index (χ1) is 7.41. The first-order valence-corrected chi connectivity index (χ1v) is 6.24. The van der Waals surface area contributed by atoms with Crippen molar-refractivity contribution in [2.45, 2.75) is 70.6 Å². The summed E-state index contributed by atoms with van der Waals surface area (Å²) in [7, 11) is 0. The molecular formula is C13H24N2O. The van der Waals surface area contributed by atoms with Crippen LogP contribution in [0, 0.1) is 11.3 Å². The van der Waals surface area contributed by atoms with Crippen LogP contribution in [0.25, 0.3) is 0 Å². The molecule has 1 N–H and O–H groups in total. The number of nitrogens with one attached hydrogen (secondary N) is 1. The van der Waals surface area contributed by atoms with Crippen LogP contribution < -0.4 is 5.32 Å². The lowest BCUT2D eigenvalue weighted by Crippen LogP contribution is -2.43. The smallest absolute Gasteiger partial charge is 0.106 e. The van der Waals surface area contributed by atoms with Crippen LogP contribution in [0.15, 0.2) is 0 Å². The summed E-state index contributed by atoms with van der Waals surface area (Å²) >= 11 is 0. The van der Waals surface area contributed by atoms with Gasteiger partial charge in [0.2, 0.25) is 0 Å². The van der Waals surface area contributed by atoms with Crippen molar-refractivity contribution in [1.29, 1.82) is 5.26 Å². The van der Waals surface area contributed by atoms with Crippen LogP contribution in [0.4, 0.5) is 0 Å². The van der Waals surface area contributed by atoms with E-state index in [-0.39, 0.29) is 5.60 Å². The molecule has 0 bridgehead atoms. The molecule has 3 heteroatoms. The molecule has 1 unspecified atom stereocenters. The van der Waals surface area contributed by atoms with Crippen LogP contribution >= 0.6 is 0 Å². The molecule has 0 aliphatic heterocycles. The Morgan fingerprint density at radius 1 is 1.38 bits per heavy atom. The minimum Gasteiger partial charge on any atom is -0.375 e. The maximum atomic E-state index is 9.18. The summed E-state index contributed by atoms with van der Waals surface area (Å²) in [5.74, 6) is 0. The normalized spacial score (nSPS) is 20.2. The molecule has 0 aromatic rings. The van der Waals surface area contributed by atoms with Gasteiger partial charge in [0.25, 0.3) is 0 Å². The summed E-state index contributed by atoms with van der Waals surface area (Å²) in [5.41, 5.74) is -0.499. The second-order valence-corrected chi connectivity index (χ2v) is 5.57. The van der Waals surface area contributed by atoms with Crippen molar-refractivity contribution in [2.75, 3.05) is 6.61 Å². The molecular weight excluding hydrogens is 200 g/mol. The number of nitrogens with zero attached hydrogens (tertiary/aromatic N) is 1. The van der Waals surface area contributed by atoms with Gasteiger partial charge in [-0.2, -0.15) is 5.26 Å².